The van der Waals surface area contributed by atoms with E-state index in [0.29, 0.717) is 6.54 Å². The van der Waals surface area contributed by atoms with Crippen LogP contribution in [0.4, 0.5) is 0 Å². The third-order valence-corrected chi connectivity index (χ3v) is 4.54. The average molecular weight is 291 g/mol. The normalized spacial score (nSPS) is 14.6. The summed E-state index contributed by atoms with van der Waals surface area (Å²) in [6.07, 6.45) is 9.70. The first kappa shape index (κ1) is 13.5. The van der Waals surface area contributed by atoms with Crippen molar-refractivity contribution in [2.45, 2.75) is 25.8 Å². The summed E-state index contributed by atoms with van der Waals surface area (Å²) < 4.78 is 2.43. The second kappa shape index (κ2) is 5.58. The minimum Gasteiger partial charge on any atom is -0.347 e. The van der Waals surface area contributed by atoms with E-state index < -0.39 is 0 Å². The Morgan fingerprint density at radius 3 is 2.64 bits per heavy atom. The van der Waals surface area contributed by atoms with Gasteiger partial charge in [0.05, 0.1) is 0 Å². The molecule has 0 unspecified atom stereocenters. The van der Waals surface area contributed by atoms with Gasteiger partial charge in [0.2, 0.25) is 0 Å². The van der Waals surface area contributed by atoms with Crippen LogP contribution in [0.25, 0.3) is 22.0 Å². The summed E-state index contributed by atoms with van der Waals surface area (Å²) >= 11 is 0. The number of hydrogen-bond donors (Lipinski definition) is 1. The average Bonchev–Trinajstić information content (AvgIpc) is 3.32. The van der Waals surface area contributed by atoms with Gasteiger partial charge in [-0.15, -0.1) is 0 Å². The van der Waals surface area contributed by atoms with E-state index in [4.69, 9.17) is 5.73 Å². The molecule has 1 saturated carbocycles. The summed E-state index contributed by atoms with van der Waals surface area (Å²) in [6.45, 7) is 1.84. The second-order valence-electron chi connectivity index (χ2n) is 6.26. The number of pyridine rings is 1. The Morgan fingerprint density at radius 2 is 1.91 bits per heavy atom. The lowest BCUT2D eigenvalue weighted by Gasteiger charge is -2.06. The van der Waals surface area contributed by atoms with Crippen LogP contribution in [0, 0.1) is 5.92 Å². The Morgan fingerprint density at radius 1 is 1.09 bits per heavy atom. The van der Waals surface area contributed by atoms with Gasteiger partial charge < -0.3 is 10.3 Å². The van der Waals surface area contributed by atoms with Crippen LogP contribution in [0.5, 0.6) is 0 Å². The molecule has 0 saturated heterocycles. The van der Waals surface area contributed by atoms with Gasteiger partial charge in [0.15, 0.2) is 0 Å². The Balaban J connectivity index is 1.82. The van der Waals surface area contributed by atoms with Crippen LogP contribution < -0.4 is 5.73 Å². The lowest BCUT2D eigenvalue weighted by molar-refractivity contribution is 0.645. The zero-order valence-corrected chi connectivity index (χ0v) is 12.7. The molecule has 3 aromatic rings. The van der Waals surface area contributed by atoms with Gasteiger partial charge in [0, 0.05) is 36.0 Å². The molecule has 0 atom stereocenters. The Kier molecular flexibility index (Phi) is 3.43. The van der Waals surface area contributed by atoms with Crippen LogP contribution in [-0.2, 0) is 13.0 Å². The Labute approximate surface area is 130 Å². The van der Waals surface area contributed by atoms with Crippen molar-refractivity contribution in [3.63, 3.8) is 0 Å². The first-order chi connectivity index (χ1) is 10.8. The van der Waals surface area contributed by atoms with Crippen molar-refractivity contribution in [2.24, 2.45) is 11.7 Å². The van der Waals surface area contributed by atoms with Crippen LogP contribution in [0.3, 0.4) is 0 Å². The van der Waals surface area contributed by atoms with Gasteiger partial charge in [0.1, 0.15) is 0 Å². The van der Waals surface area contributed by atoms with Crippen LogP contribution >= 0.6 is 0 Å². The quantitative estimate of drug-likeness (QED) is 0.780. The van der Waals surface area contributed by atoms with E-state index in [0.717, 1.165) is 18.9 Å². The van der Waals surface area contributed by atoms with Crippen LogP contribution in [0.15, 0.2) is 48.9 Å². The Hall–Kier alpha value is -2.13. The molecule has 0 spiro atoms. The second-order valence-corrected chi connectivity index (χ2v) is 6.26. The number of aromatic nitrogens is 2. The van der Waals surface area contributed by atoms with E-state index in [-0.39, 0.29) is 0 Å². The molecule has 2 N–H and O–H groups in total. The van der Waals surface area contributed by atoms with Crippen molar-refractivity contribution in [1.82, 2.24) is 9.55 Å². The highest BCUT2D eigenvalue weighted by Crippen LogP contribution is 2.34. The smallest absolute Gasteiger partial charge is 0.0489 e. The van der Waals surface area contributed by atoms with Crippen molar-refractivity contribution in [3.05, 3.63) is 54.5 Å². The lowest BCUT2D eigenvalue weighted by atomic mass is 10.0. The van der Waals surface area contributed by atoms with Gasteiger partial charge >= 0.3 is 0 Å². The fraction of sp³-hybridized carbons (Fsp3) is 0.316. The molecular weight excluding hydrogens is 270 g/mol. The molecule has 0 radical (unpaired) electrons. The summed E-state index contributed by atoms with van der Waals surface area (Å²) in [5.41, 5.74) is 11.0. The summed E-state index contributed by atoms with van der Waals surface area (Å²) in [6, 6.07) is 10.9. The molecule has 1 aliphatic carbocycles. The summed E-state index contributed by atoms with van der Waals surface area (Å²) in [7, 11) is 0. The summed E-state index contributed by atoms with van der Waals surface area (Å²) in [5, 5.41) is 1.35. The van der Waals surface area contributed by atoms with Crippen molar-refractivity contribution in [3.8, 4) is 11.1 Å². The highest BCUT2D eigenvalue weighted by molar-refractivity contribution is 5.88. The number of nitrogens with zero attached hydrogens (tertiary/aromatic N) is 2. The van der Waals surface area contributed by atoms with E-state index in [1.54, 1.807) is 0 Å². The van der Waals surface area contributed by atoms with Crippen molar-refractivity contribution in [1.29, 1.82) is 0 Å². The molecule has 1 fully saturated rings. The zero-order valence-electron chi connectivity index (χ0n) is 12.7. The molecule has 2 heterocycles. The fourth-order valence-corrected chi connectivity index (χ4v) is 3.18. The van der Waals surface area contributed by atoms with Gasteiger partial charge in [0.25, 0.3) is 0 Å². The standard InChI is InChI=1S/C19H21N3/c20-8-5-17-13-22(12-14-1-2-14)19-11-16(3-4-18(17)19)15-6-9-21-10-7-15/h3-4,6-7,9-11,13-14H,1-2,5,8,12,20H2. The Bertz CT molecular complexity index is 785. The van der Waals surface area contributed by atoms with Crippen LogP contribution in [0.1, 0.15) is 18.4 Å². The first-order valence-corrected chi connectivity index (χ1v) is 8.07. The van der Waals surface area contributed by atoms with Crippen LogP contribution in [0.2, 0.25) is 0 Å². The number of hydrogen-bond acceptors (Lipinski definition) is 2. The SMILES string of the molecule is NCCc1cn(CC2CC2)c2cc(-c3ccncc3)ccc12. The third kappa shape index (κ3) is 2.53. The fourth-order valence-electron chi connectivity index (χ4n) is 3.18. The minimum atomic E-state index is 0.703. The third-order valence-electron chi connectivity index (χ3n) is 4.54. The van der Waals surface area contributed by atoms with E-state index >= 15 is 0 Å². The molecular formula is C19H21N3. The summed E-state index contributed by atoms with van der Waals surface area (Å²) in [5.74, 6) is 0.867. The number of nitrogens with two attached hydrogens (primary N) is 1. The largest absolute Gasteiger partial charge is 0.347 e. The van der Waals surface area contributed by atoms with Crippen LogP contribution in [-0.4, -0.2) is 16.1 Å². The molecule has 4 rings (SSSR count). The van der Waals surface area contributed by atoms with E-state index in [1.807, 2.05) is 12.4 Å². The molecule has 0 amide bonds. The predicted octanol–water partition coefficient (Wildman–Crippen LogP) is 3.61. The maximum atomic E-state index is 5.78. The van der Waals surface area contributed by atoms with Crippen molar-refractivity contribution >= 4 is 10.9 Å². The molecule has 3 nitrogen and oxygen atoms in total. The molecule has 22 heavy (non-hydrogen) atoms. The number of benzene rings is 1. The van der Waals surface area contributed by atoms with Gasteiger partial charge in [-0.1, -0.05) is 12.1 Å². The first-order valence-electron chi connectivity index (χ1n) is 8.07. The molecule has 112 valence electrons. The highest BCUT2D eigenvalue weighted by Gasteiger charge is 2.22. The maximum Gasteiger partial charge on any atom is 0.0489 e. The minimum absolute atomic E-state index is 0.703. The van der Waals surface area contributed by atoms with E-state index in [2.05, 4.69) is 46.1 Å². The van der Waals surface area contributed by atoms with Gasteiger partial charge in [-0.3, -0.25) is 4.98 Å². The lowest BCUT2D eigenvalue weighted by Crippen LogP contribution is -2.02. The number of fused-ring (bicyclic) bond motifs is 1. The van der Waals surface area contributed by atoms with Gasteiger partial charge in [-0.05, 0) is 66.6 Å². The predicted molar refractivity (Wildman–Crippen MR) is 90.7 cm³/mol. The highest BCUT2D eigenvalue weighted by atomic mass is 15.0. The topological polar surface area (TPSA) is 43.8 Å². The molecule has 0 bridgehead atoms. The molecule has 1 aromatic carbocycles. The zero-order chi connectivity index (χ0) is 14.9. The maximum absolute atomic E-state index is 5.78. The van der Waals surface area contributed by atoms with Gasteiger partial charge in [-0.2, -0.15) is 0 Å². The van der Waals surface area contributed by atoms with Crippen molar-refractivity contribution in [2.75, 3.05) is 6.54 Å². The number of rotatable bonds is 5. The van der Waals surface area contributed by atoms with E-state index in [1.165, 1.54) is 40.4 Å². The monoisotopic (exact) mass is 291 g/mol. The molecule has 2 aromatic heterocycles. The summed E-state index contributed by atoms with van der Waals surface area (Å²) in [4.78, 5) is 4.11. The van der Waals surface area contributed by atoms with Crippen molar-refractivity contribution < 1.29 is 0 Å². The van der Waals surface area contributed by atoms with E-state index in [9.17, 15) is 0 Å². The molecule has 3 heteroatoms. The van der Waals surface area contributed by atoms with Gasteiger partial charge in [-0.25, -0.2) is 0 Å². The molecule has 1 aliphatic rings. The molecule has 0 aliphatic heterocycles.